The average molecular weight is 272 g/mol. The number of H-pyrrole nitrogens is 1. The number of benzene rings is 2. The normalized spacial score (nSPS) is 12.5. The van der Waals surface area contributed by atoms with Gasteiger partial charge in [0.25, 0.3) is 0 Å². The summed E-state index contributed by atoms with van der Waals surface area (Å²) >= 11 is 0. The van der Waals surface area contributed by atoms with E-state index in [1.807, 2.05) is 12.1 Å². The van der Waals surface area contributed by atoms with Gasteiger partial charge in [0, 0.05) is 23.9 Å². The van der Waals surface area contributed by atoms with Gasteiger partial charge in [-0.25, -0.2) is 8.78 Å². The van der Waals surface area contributed by atoms with E-state index >= 15 is 0 Å². The Kier molecular flexibility index (Phi) is 3.37. The van der Waals surface area contributed by atoms with Crippen LogP contribution in [0.4, 0.5) is 14.5 Å². The molecular formula is C16H14F2N2. The molecule has 4 rings (SSSR count). The van der Waals surface area contributed by atoms with Crippen molar-refractivity contribution in [2.45, 2.75) is 6.42 Å². The fourth-order valence-electron chi connectivity index (χ4n) is 2.28. The van der Waals surface area contributed by atoms with E-state index < -0.39 is 0 Å². The van der Waals surface area contributed by atoms with Crippen LogP contribution >= 0.6 is 0 Å². The predicted octanol–water partition coefficient (Wildman–Crippen LogP) is 4.10. The zero-order chi connectivity index (χ0) is 13.9. The molecule has 0 saturated heterocycles. The molecule has 2 nitrogen and oxygen atoms in total. The van der Waals surface area contributed by atoms with Crippen molar-refractivity contribution in [2.24, 2.45) is 0 Å². The van der Waals surface area contributed by atoms with Crippen molar-refractivity contribution in [3.8, 4) is 0 Å². The predicted molar refractivity (Wildman–Crippen MR) is 76.9 cm³/mol. The van der Waals surface area contributed by atoms with Crippen molar-refractivity contribution >= 4 is 16.6 Å². The SMILES string of the molecule is Fc1ccc2c(c1)NCC2.Fc1ccc2cc[nH]c2c1. The van der Waals surface area contributed by atoms with Crippen molar-refractivity contribution in [1.82, 2.24) is 4.98 Å². The van der Waals surface area contributed by atoms with E-state index in [0.717, 1.165) is 29.6 Å². The molecule has 0 unspecified atom stereocenters. The maximum atomic E-state index is 12.5. The van der Waals surface area contributed by atoms with E-state index in [0.29, 0.717) is 0 Å². The van der Waals surface area contributed by atoms with Crippen LogP contribution in [0.2, 0.25) is 0 Å². The van der Waals surface area contributed by atoms with Gasteiger partial charge in [0.05, 0.1) is 0 Å². The molecular weight excluding hydrogens is 258 g/mol. The molecule has 3 aromatic rings. The molecule has 4 heteroatoms. The molecule has 2 heterocycles. The van der Waals surface area contributed by atoms with E-state index in [1.54, 1.807) is 18.3 Å². The molecule has 0 amide bonds. The lowest BCUT2D eigenvalue weighted by molar-refractivity contribution is 0.628. The van der Waals surface area contributed by atoms with Gasteiger partial charge in [-0.15, -0.1) is 0 Å². The molecule has 0 spiro atoms. The number of rotatable bonds is 0. The molecule has 1 aliphatic heterocycles. The fourth-order valence-corrected chi connectivity index (χ4v) is 2.28. The molecule has 1 aromatic heterocycles. The van der Waals surface area contributed by atoms with E-state index in [2.05, 4.69) is 10.3 Å². The molecule has 0 bridgehead atoms. The van der Waals surface area contributed by atoms with Gasteiger partial charge < -0.3 is 10.3 Å². The van der Waals surface area contributed by atoms with Crippen molar-refractivity contribution < 1.29 is 8.78 Å². The van der Waals surface area contributed by atoms with Crippen LogP contribution in [-0.4, -0.2) is 11.5 Å². The molecule has 1 aliphatic rings. The first kappa shape index (κ1) is 12.7. The lowest BCUT2D eigenvalue weighted by Gasteiger charge is -1.96. The van der Waals surface area contributed by atoms with Gasteiger partial charge in [0.2, 0.25) is 0 Å². The summed E-state index contributed by atoms with van der Waals surface area (Å²) in [6.45, 7) is 0.943. The lowest BCUT2D eigenvalue weighted by atomic mass is 10.2. The highest BCUT2D eigenvalue weighted by atomic mass is 19.1. The third-order valence-electron chi connectivity index (χ3n) is 3.30. The van der Waals surface area contributed by atoms with Crippen LogP contribution in [0.5, 0.6) is 0 Å². The molecule has 0 saturated carbocycles. The third-order valence-corrected chi connectivity index (χ3v) is 3.30. The van der Waals surface area contributed by atoms with Crippen LogP contribution in [0.25, 0.3) is 10.9 Å². The first-order chi connectivity index (χ1) is 9.72. The highest BCUT2D eigenvalue weighted by molar-refractivity contribution is 5.78. The maximum Gasteiger partial charge on any atom is 0.125 e. The van der Waals surface area contributed by atoms with Crippen molar-refractivity contribution in [3.63, 3.8) is 0 Å². The molecule has 20 heavy (non-hydrogen) atoms. The number of hydrogen-bond donors (Lipinski definition) is 2. The van der Waals surface area contributed by atoms with E-state index in [4.69, 9.17) is 0 Å². The summed E-state index contributed by atoms with van der Waals surface area (Å²) in [5, 5.41) is 4.14. The molecule has 2 N–H and O–H groups in total. The lowest BCUT2D eigenvalue weighted by Crippen LogP contribution is -1.90. The molecule has 0 atom stereocenters. The average Bonchev–Trinajstić information content (AvgIpc) is 3.06. The van der Waals surface area contributed by atoms with E-state index in [1.165, 1.54) is 23.8 Å². The largest absolute Gasteiger partial charge is 0.384 e. The standard InChI is InChI=1S/C8H8FN.C8H6FN/c2*9-7-2-1-6-3-4-10-8(6)5-7/h1-2,5,10H,3-4H2;1-5,10H. The number of hydrogen-bond acceptors (Lipinski definition) is 1. The summed E-state index contributed by atoms with van der Waals surface area (Å²) in [5.41, 5.74) is 3.03. The minimum absolute atomic E-state index is 0.159. The van der Waals surface area contributed by atoms with Gasteiger partial charge >= 0.3 is 0 Å². The number of aromatic amines is 1. The first-order valence-corrected chi connectivity index (χ1v) is 6.47. The van der Waals surface area contributed by atoms with Crippen LogP contribution < -0.4 is 5.32 Å². The molecule has 0 fully saturated rings. The highest BCUT2D eigenvalue weighted by Crippen LogP contribution is 2.22. The van der Waals surface area contributed by atoms with Crippen LogP contribution in [0.15, 0.2) is 48.7 Å². The monoisotopic (exact) mass is 272 g/mol. The summed E-state index contributed by atoms with van der Waals surface area (Å²) in [6.07, 6.45) is 2.82. The Labute approximate surface area is 115 Å². The minimum atomic E-state index is -0.199. The Morgan fingerprint density at radius 3 is 2.60 bits per heavy atom. The fraction of sp³-hybridized carbons (Fsp3) is 0.125. The number of aromatic nitrogens is 1. The topological polar surface area (TPSA) is 27.8 Å². The quantitative estimate of drug-likeness (QED) is 0.633. The molecule has 0 aliphatic carbocycles. The van der Waals surface area contributed by atoms with Crippen molar-refractivity contribution in [3.05, 3.63) is 65.9 Å². The van der Waals surface area contributed by atoms with Crippen LogP contribution in [0.1, 0.15) is 5.56 Å². The van der Waals surface area contributed by atoms with Gasteiger partial charge in [-0.1, -0.05) is 6.07 Å². The van der Waals surface area contributed by atoms with Crippen molar-refractivity contribution in [1.29, 1.82) is 0 Å². The molecule has 102 valence electrons. The van der Waals surface area contributed by atoms with Crippen LogP contribution in [0, 0.1) is 11.6 Å². The number of halogens is 2. The van der Waals surface area contributed by atoms with Crippen molar-refractivity contribution in [2.75, 3.05) is 11.9 Å². The van der Waals surface area contributed by atoms with E-state index in [9.17, 15) is 8.78 Å². The Morgan fingerprint density at radius 1 is 0.900 bits per heavy atom. The second-order valence-corrected chi connectivity index (χ2v) is 4.69. The Morgan fingerprint density at radius 2 is 1.70 bits per heavy atom. The van der Waals surface area contributed by atoms with Crippen LogP contribution in [0.3, 0.4) is 0 Å². The van der Waals surface area contributed by atoms with Gasteiger partial charge in [0.1, 0.15) is 11.6 Å². The summed E-state index contributed by atoms with van der Waals surface area (Å²) in [5.74, 6) is -0.358. The van der Waals surface area contributed by atoms with Gasteiger partial charge in [-0.2, -0.15) is 0 Å². The Hall–Kier alpha value is -2.36. The summed E-state index contributed by atoms with van der Waals surface area (Å²) in [7, 11) is 0. The zero-order valence-electron chi connectivity index (χ0n) is 10.8. The summed E-state index contributed by atoms with van der Waals surface area (Å²) in [4.78, 5) is 2.92. The smallest absolute Gasteiger partial charge is 0.125 e. The first-order valence-electron chi connectivity index (χ1n) is 6.47. The number of nitrogens with one attached hydrogen (secondary N) is 2. The summed E-state index contributed by atoms with van der Waals surface area (Å²) in [6, 6.07) is 11.5. The number of fused-ring (bicyclic) bond motifs is 2. The van der Waals surface area contributed by atoms with Gasteiger partial charge in [-0.05, 0) is 53.8 Å². The zero-order valence-corrected chi connectivity index (χ0v) is 10.8. The maximum absolute atomic E-state index is 12.5. The number of anilines is 1. The molecule has 0 radical (unpaired) electrons. The highest BCUT2D eigenvalue weighted by Gasteiger charge is 2.08. The van der Waals surface area contributed by atoms with Gasteiger partial charge in [-0.3, -0.25) is 0 Å². The van der Waals surface area contributed by atoms with E-state index in [-0.39, 0.29) is 11.6 Å². The Bertz CT molecular complexity index is 734. The summed E-state index contributed by atoms with van der Waals surface area (Å²) < 4.78 is 25.0. The second-order valence-electron chi connectivity index (χ2n) is 4.69. The van der Waals surface area contributed by atoms with Crippen LogP contribution in [-0.2, 0) is 6.42 Å². The second kappa shape index (κ2) is 5.33. The van der Waals surface area contributed by atoms with Gasteiger partial charge in [0.15, 0.2) is 0 Å². The minimum Gasteiger partial charge on any atom is -0.384 e. The third kappa shape index (κ3) is 2.64. The Balaban J connectivity index is 0.000000121. The molecule has 2 aromatic carbocycles.